The molecule has 2 heterocycles. The summed E-state index contributed by atoms with van der Waals surface area (Å²) in [6.45, 7) is 0.690. The number of sulfonamides is 1. The van der Waals surface area contributed by atoms with Gasteiger partial charge in [0.05, 0.1) is 12.2 Å². The number of fused-ring (bicyclic) bond motifs is 1. The van der Waals surface area contributed by atoms with Crippen LogP contribution in [0.15, 0.2) is 0 Å². The van der Waals surface area contributed by atoms with Gasteiger partial charge in [0.2, 0.25) is 10.0 Å². The highest BCUT2D eigenvalue weighted by Crippen LogP contribution is 2.17. The Bertz CT molecular complexity index is 429. The molecule has 1 aliphatic rings. The average Bonchev–Trinajstić information content (AvgIpc) is 2.64. The Balaban J connectivity index is 2.23. The summed E-state index contributed by atoms with van der Waals surface area (Å²) in [7, 11) is -3.32. The summed E-state index contributed by atoms with van der Waals surface area (Å²) in [5.74, 6) is 0. The van der Waals surface area contributed by atoms with E-state index in [-0.39, 0.29) is 11.8 Å². The first-order chi connectivity index (χ1) is 6.63. The Morgan fingerprint density at radius 2 is 2.14 bits per heavy atom. The van der Waals surface area contributed by atoms with Crippen LogP contribution < -0.4 is 0 Å². The second-order valence-corrected chi connectivity index (χ2v) is 5.57. The standard InChI is InChI=1S/C6H9ClN4O2S/c7-4-14(12,13)11-2-1-5-6(3-11)9-10-8-5/h1-4H2,(H,8,9,10). The van der Waals surface area contributed by atoms with Gasteiger partial charge in [-0.2, -0.15) is 19.7 Å². The van der Waals surface area contributed by atoms with Gasteiger partial charge in [-0.25, -0.2) is 8.42 Å². The van der Waals surface area contributed by atoms with Gasteiger partial charge in [-0.1, -0.05) is 0 Å². The molecule has 0 saturated carbocycles. The number of nitrogens with one attached hydrogen (secondary N) is 1. The predicted octanol–water partition coefficient (Wildman–Crippen LogP) is -0.311. The van der Waals surface area contributed by atoms with Gasteiger partial charge in [-0.15, -0.1) is 11.6 Å². The van der Waals surface area contributed by atoms with Crippen LogP contribution >= 0.6 is 11.6 Å². The highest BCUT2D eigenvalue weighted by Gasteiger charge is 2.27. The number of aromatic amines is 1. The summed E-state index contributed by atoms with van der Waals surface area (Å²) in [4.78, 5) is 0. The smallest absolute Gasteiger partial charge is 0.211 e. The van der Waals surface area contributed by atoms with Crippen LogP contribution in [0.1, 0.15) is 11.4 Å². The molecule has 78 valence electrons. The van der Waals surface area contributed by atoms with E-state index in [9.17, 15) is 8.42 Å². The number of nitrogens with zero attached hydrogens (tertiary/aromatic N) is 3. The molecule has 0 atom stereocenters. The monoisotopic (exact) mass is 236 g/mol. The molecule has 1 aliphatic heterocycles. The van der Waals surface area contributed by atoms with E-state index in [1.165, 1.54) is 4.31 Å². The van der Waals surface area contributed by atoms with E-state index in [1.807, 2.05) is 0 Å². The molecule has 0 aliphatic carbocycles. The van der Waals surface area contributed by atoms with Crippen LogP contribution in [0.3, 0.4) is 0 Å². The van der Waals surface area contributed by atoms with Crippen LogP contribution in [0.2, 0.25) is 0 Å². The minimum atomic E-state index is -3.32. The lowest BCUT2D eigenvalue weighted by molar-refractivity contribution is 0.388. The normalized spacial score (nSPS) is 18.1. The van der Waals surface area contributed by atoms with Gasteiger partial charge in [0.15, 0.2) is 0 Å². The van der Waals surface area contributed by atoms with Crippen molar-refractivity contribution in [3.63, 3.8) is 0 Å². The number of alkyl halides is 1. The van der Waals surface area contributed by atoms with E-state index in [1.54, 1.807) is 0 Å². The lowest BCUT2D eigenvalue weighted by atomic mass is 10.2. The number of H-pyrrole nitrogens is 1. The van der Waals surface area contributed by atoms with Crippen molar-refractivity contribution in [3.8, 4) is 0 Å². The van der Waals surface area contributed by atoms with Crippen LogP contribution in [0.5, 0.6) is 0 Å². The van der Waals surface area contributed by atoms with Crippen LogP contribution in [0, 0.1) is 0 Å². The van der Waals surface area contributed by atoms with E-state index < -0.39 is 10.0 Å². The molecule has 0 unspecified atom stereocenters. The van der Waals surface area contributed by atoms with Crippen molar-refractivity contribution < 1.29 is 8.42 Å². The molecule has 2 rings (SSSR count). The molecular weight excluding hydrogens is 228 g/mol. The van der Waals surface area contributed by atoms with Crippen molar-refractivity contribution >= 4 is 21.6 Å². The van der Waals surface area contributed by atoms with Gasteiger partial charge in [0.25, 0.3) is 0 Å². The Kier molecular flexibility index (Phi) is 2.46. The van der Waals surface area contributed by atoms with Crippen molar-refractivity contribution in [2.24, 2.45) is 0 Å². The van der Waals surface area contributed by atoms with E-state index in [0.29, 0.717) is 18.7 Å². The number of rotatable bonds is 2. The number of aromatic nitrogens is 3. The van der Waals surface area contributed by atoms with Gasteiger partial charge in [-0.05, 0) is 0 Å². The Hall–Kier alpha value is -0.660. The van der Waals surface area contributed by atoms with Crippen LogP contribution in [0.25, 0.3) is 0 Å². The fourth-order valence-corrected chi connectivity index (χ4v) is 2.63. The third-order valence-corrected chi connectivity index (χ3v) is 4.36. The highest BCUT2D eigenvalue weighted by atomic mass is 35.5. The minimum absolute atomic E-state index is 0.265. The molecule has 0 fully saturated rings. The number of halogens is 1. The number of hydrogen-bond acceptors (Lipinski definition) is 4. The maximum Gasteiger partial charge on any atom is 0.228 e. The minimum Gasteiger partial charge on any atom is -0.211 e. The first-order valence-corrected chi connectivity index (χ1v) is 6.20. The molecule has 1 N–H and O–H groups in total. The van der Waals surface area contributed by atoms with Crippen molar-refractivity contribution in [3.05, 3.63) is 11.4 Å². The first kappa shape index (κ1) is 9.88. The zero-order chi connectivity index (χ0) is 10.2. The summed E-state index contributed by atoms with van der Waals surface area (Å²) < 4.78 is 24.2. The van der Waals surface area contributed by atoms with Crippen molar-refractivity contribution in [2.45, 2.75) is 13.0 Å². The maximum atomic E-state index is 11.4. The summed E-state index contributed by atoms with van der Waals surface area (Å²) in [5.41, 5.74) is 1.52. The zero-order valence-corrected chi connectivity index (χ0v) is 8.85. The van der Waals surface area contributed by atoms with Crippen LogP contribution in [-0.2, 0) is 23.0 Å². The Morgan fingerprint density at radius 3 is 2.86 bits per heavy atom. The highest BCUT2D eigenvalue weighted by molar-refractivity contribution is 7.90. The third kappa shape index (κ3) is 1.62. The molecule has 0 spiro atoms. The number of hydrogen-bond donors (Lipinski definition) is 1. The average molecular weight is 237 g/mol. The SMILES string of the molecule is O=S(=O)(CCl)N1CCc2n[nH]nc2C1. The van der Waals surface area contributed by atoms with Crippen molar-refractivity contribution in [1.29, 1.82) is 0 Å². The van der Waals surface area contributed by atoms with E-state index in [0.717, 1.165) is 5.69 Å². The first-order valence-electron chi connectivity index (χ1n) is 4.06. The van der Waals surface area contributed by atoms with Gasteiger partial charge < -0.3 is 0 Å². The quantitative estimate of drug-likeness (QED) is 0.715. The fraction of sp³-hybridized carbons (Fsp3) is 0.667. The van der Waals surface area contributed by atoms with Gasteiger partial charge in [-0.3, -0.25) is 0 Å². The summed E-state index contributed by atoms with van der Waals surface area (Å²) in [6, 6.07) is 0. The molecule has 0 saturated heterocycles. The topological polar surface area (TPSA) is 79.0 Å². The Morgan fingerprint density at radius 1 is 1.43 bits per heavy atom. The molecule has 1 aromatic heterocycles. The Labute approximate surface area is 86.3 Å². The fourth-order valence-electron chi connectivity index (χ4n) is 1.38. The van der Waals surface area contributed by atoms with Gasteiger partial charge >= 0.3 is 0 Å². The van der Waals surface area contributed by atoms with E-state index in [2.05, 4.69) is 15.4 Å². The zero-order valence-electron chi connectivity index (χ0n) is 7.27. The molecule has 14 heavy (non-hydrogen) atoms. The molecule has 6 nitrogen and oxygen atoms in total. The van der Waals surface area contributed by atoms with Crippen molar-refractivity contribution in [1.82, 2.24) is 19.7 Å². The molecule has 0 amide bonds. The molecule has 8 heteroatoms. The lowest BCUT2D eigenvalue weighted by Gasteiger charge is -2.23. The van der Waals surface area contributed by atoms with E-state index >= 15 is 0 Å². The van der Waals surface area contributed by atoms with Gasteiger partial charge in [0, 0.05) is 13.0 Å². The van der Waals surface area contributed by atoms with Crippen molar-refractivity contribution in [2.75, 3.05) is 11.8 Å². The molecule has 0 aromatic carbocycles. The molecule has 0 bridgehead atoms. The summed E-state index contributed by atoms with van der Waals surface area (Å²) >= 11 is 5.35. The largest absolute Gasteiger partial charge is 0.228 e. The van der Waals surface area contributed by atoms with Gasteiger partial charge in [0.1, 0.15) is 10.9 Å². The van der Waals surface area contributed by atoms with Crippen LogP contribution in [0.4, 0.5) is 0 Å². The predicted molar refractivity (Wildman–Crippen MR) is 50.1 cm³/mol. The molecular formula is C6H9ClN4O2S. The summed E-state index contributed by atoms with van der Waals surface area (Å²) in [6.07, 6.45) is 0.585. The second kappa shape index (κ2) is 3.48. The summed E-state index contributed by atoms with van der Waals surface area (Å²) in [5, 5.41) is 9.87. The third-order valence-electron chi connectivity index (χ3n) is 2.16. The molecule has 1 aromatic rings. The van der Waals surface area contributed by atoms with Crippen LogP contribution in [-0.4, -0.2) is 39.9 Å². The molecule has 0 radical (unpaired) electrons. The van der Waals surface area contributed by atoms with E-state index in [4.69, 9.17) is 11.6 Å². The maximum absolute atomic E-state index is 11.4. The second-order valence-electron chi connectivity index (χ2n) is 3.02. The lowest BCUT2D eigenvalue weighted by Crippen LogP contribution is -2.36.